The Balaban J connectivity index is 1.65. The summed E-state index contributed by atoms with van der Waals surface area (Å²) < 4.78 is 28.4. The summed E-state index contributed by atoms with van der Waals surface area (Å²) in [5.74, 6) is -2.00. The van der Waals surface area contributed by atoms with E-state index in [4.69, 9.17) is 0 Å². The third-order valence-corrected chi connectivity index (χ3v) is 4.93. The SMILES string of the molecule is O=C(N[C@H]1CCCNC1)c1nn(-c2ccc(F)c(F)c2)c2c1CCC2. The number of nitrogens with zero attached hydrogens (tertiary/aromatic N) is 2. The third kappa shape index (κ3) is 3.04. The number of nitrogens with one attached hydrogen (secondary N) is 2. The molecule has 1 amide bonds. The Kier molecular flexibility index (Phi) is 4.25. The van der Waals surface area contributed by atoms with Crippen LogP contribution in [0, 0.1) is 11.6 Å². The Morgan fingerprint density at radius 1 is 1.24 bits per heavy atom. The number of hydrogen-bond acceptors (Lipinski definition) is 3. The number of hydrogen-bond donors (Lipinski definition) is 2. The molecule has 2 heterocycles. The van der Waals surface area contributed by atoms with E-state index in [0.29, 0.717) is 11.4 Å². The quantitative estimate of drug-likeness (QED) is 0.895. The van der Waals surface area contributed by atoms with Crippen molar-refractivity contribution in [3.05, 3.63) is 46.8 Å². The van der Waals surface area contributed by atoms with Crippen molar-refractivity contribution in [3.8, 4) is 5.69 Å². The Labute approximate surface area is 144 Å². The topological polar surface area (TPSA) is 59.0 Å². The van der Waals surface area contributed by atoms with Gasteiger partial charge in [-0.05, 0) is 50.8 Å². The zero-order chi connectivity index (χ0) is 17.4. The van der Waals surface area contributed by atoms with Crippen molar-refractivity contribution in [2.45, 2.75) is 38.1 Å². The van der Waals surface area contributed by atoms with Gasteiger partial charge in [0.25, 0.3) is 5.91 Å². The highest BCUT2D eigenvalue weighted by molar-refractivity contribution is 5.94. The van der Waals surface area contributed by atoms with Crippen LogP contribution in [0.1, 0.15) is 41.0 Å². The van der Waals surface area contributed by atoms with Crippen LogP contribution < -0.4 is 10.6 Å². The first kappa shape index (κ1) is 16.2. The molecule has 0 unspecified atom stereocenters. The lowest BCUT2D eigenvalue weighted by molar-refractivity contribution is 0.0924. The van der Waals surface area contributed by atoms with E-state index in [0.717, 1.165) is 68.6 Å². The molecule has 7 heteroatoms. The van der Waals surface area contributed by atoms with Crippen LogP contribution in [-0.2, 0) is 12.8 Å². The zero-order valence-electron chi connectivity index (χ0n) is 13.8. The molecule has 1 fully saturated rings. The van der Waals surface area contributed by atoms with Gasteiger partial charge in [0.05, 0.1) is 5.69 Å². The predicted molar refractivity (Wildman–Crippen MR) is 88.9 cm³/mol. The van der Waals surface area contributed by atoms with Crippen LogP contribution in [0.2, 0.25) is 0 Å². The minimum atomic E-state index is -0.918. The number of aromatic nitrogens is 2. The number of benzene rings is 1. The lowest BCUT2D eigenvalue weighted by Crippen LogP contribution is -2.45. The monoisotopic (exact) mass is 346 g/mol. The summed E-state index contributed by atoms with van der Waals surface area (Å²) in [5, 5.41) is 10.7. The van der Waals surface area contributed by atoms with Crippen LogP contribution in [-0.4, -0.2) is 34.8 Å². The number of carbonyl (C=O) groups is 1. The molecule has 1 aliphatic heterocycles. The minimum Gasteiger partial charge on any atom is -0.347 e. The highest BCUT2D eigenvalue weighted by Gasteiger charge is 2.28. The van der Waals surface area contributed by atoms with Gasteiger partial charge in [0.15, 0.2) is 17.3 Å². The van der Waals surface area contributed by atoms with Gasteiger partial charge in [0, 0.05) is 29.9 Å². The van der Waals surface area contributed by atoms with E-state index >= 15 is 0 Å². The molecule has 2 aliphatic rings. The van der Waals surface area contributed by atoms with Crippen molar-refractivity contribution in [2.24, 2.45) is 0 Å². The molecular weight excluding hydrogens is 326 g/mol. The third-order valence-electron chi connectivity index (χ3n) is 4.93. The van der Waals surface area contributed by atoms with E-state index in [1.807, 2.05) is 0 Å². The summed E-state index contributed by atoms with van der Waals surface area (Å²) in [5.41, 5.74) is 2.68. The number of halogens is 2. The number of rotatable bonds is 3. The van der Waals surface area contributed by atoms with Crippen molar-refractivity contribution in [2.75, 3.05) is 13.1 Å². The molecule has 25 heavy (non-hydrogen) atoms. The van der Waals surface area contributed by atoms with E-state index in [1.165, 1.54) is 6.07 Å². The predicted octanol–water partition coefficient (Wildman–Crippen LogP) is 2.12. The van der Waals surface area contributed by atoms with Gasteiger partial charge in [0.2, 0.25) is 0 Å². The molecule has 5 nitrogen and oxygen atoms in total. The van der Waals surface area contributed by atoms with Gasteiger partial charge in [-0.25, -0.2) is 13.5 Å². The van der Waals surface area contributed by atoms with Crippen molar-refractivity contribution in [1.82, 2.24) is 20.4 Å². The second kappa shape index (κ2) is 6.55. The van der Waals surface area contributed by atoms with E-state index in [1.54, 1.807) is 4.68 Å². The maximum absolute atomic E-state index is 13.6. The molecule has 0 radical (unpaired) electrons. The molecule has 1 atom stereocenters. The van der Waals surface area contributed by atoms with Crippen LogP contribution in [0.15, 0.2) is 18.2 Å². The fourth-order valence-corrected chi connectivity index (χ4v) is 3.68. The smallest absolute Gasteiger partial charge is 0.272 e. The maximum Gasteiger partial charge on any atom is 0.272 e. The summed E-state index contributed by atoms with van der Waals surface area (Å²) in [7, 11) is 0. The second-order valence-electron chi connectivity index (χ2n) is 6.65. The Morgan fingerprint density at radius 2 is 2.12 bits per heavy atom. The lowest BCUT2D eigenvalue weighted by Gasteiger charge is -2.23. The van der Waals surface area contributed by atoms with Gasteiger partial charge in [-0.15, -0.1) is 0 Å². The number of amides is 1. The zero-order valence-corrected chi connectivity index (χ0v) is 13.8. The van der Waals surface area contributed by atoms with Crippen molar-refractivity contribution >= 4 is 5.91 Å². The van der Waals surface area contributed by atoms with Crippen molar-refractivity contribution in [1.29, 1.82) is 0 Å². The van der Waals surface area contributed by atoms with E-state index < -0.39 is 11.6 Å². The molecule has 0 spiro atoms. The van der Waals surface area contributed by atoms with Gasteiger partial charge >= 0.3 is 0 Å². The molecule has 1 aliphatic carbocycles. The lowest BCUT2D eigenvalue weighted by atomic mass is 10.1. The second-order valence-corrected chi connectivity index (χ2v) is 6.65. The van der Waals surface area contributed by atoms with Crippen LogP contribution in [0.3, 0.4) is 0 Å². The van der Waals surface area contributed by atoms with Gasteiger partial charge in [-0.3, -0.25) is 4.79 Å². The van der Waals surface area contributed by atoms with Crippen LogP contribution >= 0.6 is 0 Å². The van der Waals surface area contributed by atoms with Crippen LogP contribution in [0.25, 0.3) is 5.69 Å². The first-order valence-electron chi connectivity index (χ1n) is 8.71. The molecule has 0 bridgehead atoms. The Bertz CT molecular complexity index is 812. The first-order chi connectivity index (χ1) is 12.1. The normalized spacial score (nSPS) is 19.7. The fourth-order valence-electron chi connectivity index (χ4n) is 3.68. The largest absolute Gasteiger partial charge is 0.347 e. The molecule has 1 aromatic heterocycles. The molecule has 132 valence electrons. The first-order valence-corrected chi connectivity index (χ1v) is 8.71. The van der Waals surface area contributed by atoms with Gasteiger partial charge in [0.1, 0.15) is 0 Å². The fraction of sp³-hybridized carbons (Fsp3) is 0.444. The van der Waals surface area contributed by atoms with Gasteiger partial charge in [-0.2, -0.15) is 5.10 Å². The average Bonchev–Trinajstić information content (AvgIpc) is 3.20. The number of fused-ring (bicyclic) bond motifs is 1. The summed E-state index contributed by atoms with van der Waals surface area (Å²) in [6.45, 7) is 1.74. The van der Waals surface area contributed by atoms with Crippen molar-refractivity contribution in [3.63, 3.8) is 0 Å². The van der Waals surface area contributed by atoms with E-state index in [9.17, 15) is 13.6 Å². The van der Waals surface area contributed by atoms with Crippen LogP contribution in [0.4, 0.5) is 8.78 Å². The maximum atomic E-state index is 13.6. The van der Waals surface area contributed by atoms with Crippen molar-refractivity contribution < 1.29 is 13.6 Å². The minimum absolute atomic E-state index is 0.103. The molecular formula is C18H20F2N4O. The summed E-state index contributed by atoms with van der Waals surface area (Å²) in [4.78, 5) is 12.7. The summed E-state index contributed by atoms with van der Waals surface area (Å²) in [6, 6.07) is 3.79. The molecule has 0 saturated carbocycles. The van der Waals surface area contributed by atoms with E-state index in [-0.39, 0.29) is 11.9 Å². The van der Waals surface area contributed by atoms with E-state index in [2.05, 4.69) is 15.7 Å². The number of piperidine rings is 1. The number of carbonyl (C=O) groups excluding carboxylic acids is 1. The highest BCUT2D eigenvalue weighted by atomic mass is 19.2. The molecule has 2 aromatic rings. The molecule has 4 rings (SSSR count). The molecule has 2 N–H and O–H groups in total. The standard InChI is InChI=1S/C18H20F2N4O/c19-14-7-6-12(9-15(14)20)24-16-5-1-4-13(16)17(23-24)18(25)22-11-3-2-8-21-10-11/h6-7,9,11,21H,1-5,8,10H2,(H,22,25)/t11-/m0/s1. The Morgan fingerprint density at radius 3 is 2.88 bits per heavy atom. The highest BCUT2D eigenvalue weighted by Crippen LogP contribution is 2.28. The summed E-state index contributed by atoms with van der Waals surface area (Å²) in [6.07, 6.45) is 4.48. The van der Waals surface area contributed by atoms with Gasteiger partial charge < -0.3 is 10.6 Å². The van der Waals surface area contributed by atoms with Crippen LogP contribution in [0.5, 0.6) is 0 Å². The molecule has 1 saturated heterocycles. The average molecular weight is 346 g/mol. The Hall–Kier alpha value is -2.28. The summed E-state index contributed by atoms with van der Waals surface area (Å²) >= 11 is 0. The van der Waals surface area contributed by atoms with Gasteiger partial charge in [-0.1, -0.05) is 0 Å². The molecule has 1 aromatic carbocycles.